The Morgan fingerprint density at radius 3 is 2.73 bits per heavy atom. The van der Waals surface area contributed by atoms with E-state index < -0.39 is 11.4 Å². The number of carboxylic acids is 1. The molecule has 1 atom stereocenters. The molecule has 15 heavy (non-hydrogen) atoms. The summed E-state index contributed by atoms with van der Waals surface area (Å²) in [6.07, 6.45) is 3.70. The van der Waals surface area contributed by atoms with Gasteiger partial charge < -0.3 is 5.11 Å². The number of aryl methyl sites for hydroxylation is 1. The fourth-order valence-electron chi connectivity index (χ4n) is 1.70. The quantitative estimate of drug-likeness (QED) is 0.795. The van der Waals surface area contributed by atoms with Crippen LogP contribution in [0.4, 0.5) is 0 Å². The molecule has 0 bridgehead atoms. The van der Waals surface area contributed by atoms with Gasteiger partial charge in [0.15, 0.2) is 0 Å². The molecule has 1 rings (SSSR count). The van der Waals surface area contributed by atoms with E-state index in [1.54, 1.807) is 24.9 Å². The second-order valence-electron chi connectivity index (χ2n) is 4.18. The Balaban J connectivity index is 2.79. The average Bonchev–Trinajstić information content (AvgIpc) is 2.51. The standard InChI is InChI=1S/C10H17N3O2/c1-4-5-10(2,9(14)15)6-8-7-13(3)12-11-8/h7H,4-6H2,1-3H3,(H,14,15). The van der Waals surface area contributed by atoms with Crippen molar-refractivity contribution >= 4 is 5.97 Å². The molecule has 0 saturated heterocycles. The molecule has 1 aromatic rings. The van der Waals surface area contributed by atoms with Gasteiger partial charge in [-0.1, -0.05) is 18.6 Å². The lowest BCUT2D eigenvalue weighted by Gasteiger charge is -2.22. The van der Waals surface area contributed by atoms with E-state index in [0.717, 1.165) is 12.1 Å². The highest BCUT2D eigenvalue weighted by Crippen LogP contribution is 2.27. The highest BCUT2D eigenvalue weighted by atomic mass is 16.4. The number of hydrogen-bond acceptors (Lipinski definition) is 3. The summed E-state index contributed by atoms with van der Waals surface area (Å²) in [6.45, 7) is 3.74. The van der Waals surface area contributed by atoms with Gasteiger partial charge in [-0.3, -0.25) is 9.48 Å². The SMILES string of the molecule is CCCC(C)(Cc1cn(C)nn1)C(=O)O. The summed E-state index contributed by atoms with van der Waals surface area (Å²) in [5.74, 6) is -0.769. The fourth-order valence-corrected chi connectivity index (χ4v) is 1.70. The van der Waals surface area contributed by atoms with Gasteiger partial charge in [0.25, 0.3) is 0 Å². The van der Waals surface area contributed by atoms with Gasteiger partial charge in [0.2, 0.25) is 0 Å². The van der Waals surface area contributed by atoms with Gasteiger partial charge in [0.05, 0.1) is 11.1 Å². The van der Waals surface area contributed by atoms with Crippen molar-refractivity contribution in [1.82, 2.24) is 15.0 Å². The predicted octanol–water partition coefficient (Wildman–Crippen LogP) is 1.25. The van der Waals surface area contributed by atoms with Crippen LogP contribution in [-0.2, 0) is 18.3 Å². The number of rotatable bonds is 5. The largest absolute Gasteiger partial charge is 0.481 e. The minimum atomic E-state index is -0.769. The van der Waals surface area contributed by atoms with E-state index in [1.165, 1.54) is 0 Å². The van der Waals surface area contributed by atoms with E-state index in [4.69, 9.17) is 0 Å². The van der Waals surface area contributed by atoms with E-state index in [0.29, 0.717) is 12.8 Å². The number of nitrogens with zero attached hydrogens (tertiary/aromatic N) is 3. The lowest BCUT2D eigenvalue weighted by atomic mass is 9.81. The minimum absolute atomic E-state index is 0.435. The molecule has 1 aromatic heterocycles. The summed E-state index contributed by atoms with van der Waals surface area (Å²) in [5, 5.41) is 16.9. The van der Waals surface area contributed by atoms with E-state index in [1.807, 2.05) is 6.92 Å². The van der Waals surface area contributed by atoms with Crippen LogP contribution in [0.5, 0.6) is 0 Å². The second-order valence-corrected chi connectivity index (χ2v) is 4.18. The van der Waals surface area contributed by atoms with Gasteiger partial charge >= 0.3 is 5.97 Å². The molecule has 1 heterocycles. The fraction of sp³-hybridized carbons (Fsp3) is 0.700. The van der Waals surface area contributed by atoms with Gasteiger partial charge in [0.1, 0.15) is 0 Å². The summed E-state index contributed by atoms with van der Waals surface area (Å²) in [5.41, 5.74) is 0.000903. The molecular formula is C10H17N3O2. The van der Waals surface area contributed by atoms with Crippen LogP contribution in [0.2, 0.25) is 0 Å². The van der Waals surface area contributed by atoms with Gasteiger partial charge in [0, 0.05) is 19.7 Å². The first kappa shape index (κ1) is 11.7. The molecule has 5 heteroatoms. The van der Waals surface area contributed by atoms with Crippen LogP contribution in [0.3, 0.4) is 0 Å². The highest BCUT2D eigenvalue weighted by Gasteiger charge is 2.33. The number of aromatic nitrogens is 3. The smallest absolute Gasteiger partial charge is 0.309 e. The van der Waals surface area contributed by atoms with Crippen LogP contribution in [0.15, 0.2) is 6.20 Å². The van der Waals surface area contributed by atoms with Crippen molar-refractivity contribution in [2.75, 3.05) is 0 Å². The molecule has 0 aliphatic carbocycles. The van der Waals surface area contributed by atoms with E-state index >= 15 is 0 Å². The van der Waals surface area contributed by atoms with Crippen LogP contribution in [0.25, 0.3) is 0 Å². The van der Waals surface area contributed by atoms with Crippen LogP contribution in [0.1, 0.15) is 32.4 Å². The van der Waals surface area contributed by atoms with E-state index in [9.17, 15) is 9.90 Å². The molecule has 1 N–H and O–H groups in total. The van der Waals surface area contributed by atoms with Crippen molar-refractivity contribution < 1.29 is 9.90 Å². The molecule has 0 aliphatic heterocycles. The highest BCUT2D eigenvalue weighted by molar-refractivity contribution is 5.74. The Morgan fingerprint density at radius 1 is 1.67 bits per heavy atom. The monoisotopic (exact) mass is 211 g/mol. The summed E-state index contributed by atoms with van der Waals surface area (Å²) < 4.78 is 1.59. The normalized spacial score (nSPS) is 14.9. The Labute approximate surface area is 89.1 Å². The Kier molecular flexibility index (Phi) is 3.44. The van der Waals surface area contributed by atoms with Gasteiger partial charge in [-0.05, 0) is 13.3 Å². The zero-order valence-corrected chi connectivity index (χ0v) is 9.40. The van der Waals surface area contributed by atoms with Crippen LogP contribution in [0, 0.1) is 5.41 Å². The number of carbonyl (C=O) groups is 1. The first-order valence-electron chi connectivity index (χ1n) is 5.06. The predicted molar refractivity (Wildman–Crippen MR) is 55.4 cm³/mol. The van der Waals surface area contributed by atoms with Gasteiger partial charge in [-0.15, -0.1) is 5.10 Å². The first-order chi connectivity index (χ1) is 6.98. The summed E-state index contributed by atoms with van der Waals surface area (Å²) in [4.78, 5) is 11.2. The summed E-state index contributed by atoms with van der Waals surface area (Å²) >= 11 is 0. The zero-order valence-electron chi connectivity index (χ0n) is 9.40. The summed E-state index contributed by atoms with van der Waals surface area (Å²) in [6, 6.07) is 0. The molecule has 0 spiro atoms. The third-order valence-electron chi connectivity index (χ3n) is 2.54. The van der Waals surface area contributed by atoms with Crippen molar-refractivity contribution in [2.24, 2.45) is 12.5 Å². The topological polar surface area (TPSA) is 68.0 Å². The van der Waals surface area contributed by atoms with E-state index in [2.05, 4.69) is 10.3 Å². The van der Waals surface area contributed by atoms with Crippen LogP contribution >= 0.6 is 0 Å². The van der Waals surface area contributed by atoms with Crippen molar-refractivity contribution in [3.05, 3.63) is 11.9 Å². The maximum Gasteiger partial charge on any atom is 0.309 e. The lowest BCUT2D eigenvalue weighted by molar-refractivity contribution is -0.148. The Morgan fingerprint density at radius 2 is 2.33 bits per heavy atom. The molecular weight excluding hydrogens is 194 g/mol. The van der Waals surface area contributed by atoms with Crippen LogP contribution < -0.4 is 0 Å². The van der Waals surface area contributed by atoms with Gasteiger partial charge in [-0.2, -0.15) is 0 Å². The zero-order chi connectivity index (χ0) is 11.5. The second kappa shape index (κ2) is 4.42. The molecule has 0 aromatic carbocycles. The van der Waals surface area contributed by atoms with Gasteiger partial charge in [-0.25, -0.2) is 0 Å². The third kappa shape index (κ3) is 2.78. The van der Waals surface area contributed by atoms with Crippen molar-refractivity contribution in [3.8, 4) is 0 Å². The molecule has 0 radical (unpaired) electrons. The van der Waals surface area contributed by atoms with Crippen molar-refractivity contribution in [3.63, 3.8) is 0 Å². The Bertz CT molecular complexity index is 348. The van der Waals surface area contributed by atoms with E-state index in [-0.39, 0.29) is 0 Å². The molecule has 0 amide bonds. The molecule has 0 fully saturated rings. The minimum Gasteiger partial charge on any atom is -0.481 e. The average molecular weight is 211 g/mol. The molecule has 1 unspecified atom stereocenters. The van der Waals surface area contributed by atoms with Crippen molar-refractivity contribution in [2.45, 2.75) is 33.1 Å². The molecule has 5 nitrogen and oxygen atoms in total. The molecule has 0 aliphatic rings. The lowest BCUT2D eigenvalue weighted by Crippen LogP contribution is -2.30. The van der Waals surface area contributed by atoms with Crippen molar-refractivity contribution in [1.29, 1.82) is 0 Å². The number of hydrogen-bond donors (Lipinski definition) is 1. The molecule has 84 valence electrons. The maximum atomic E-state index is 11.2. The van der Waals surface area contributed by atoms with Crippen LogP contribution in [-0.4, -0.2) is 26.1 Å². The number of carboxylic acid groups (broad SMARTS) is 1. The first-order valence-corrected chi connectivity index (χ1v) is 5.06. The Hall–Kier alpha value is -1.39. The summed E-state index contributed by atoms with van der Waals surface area (Å²) in [7, 11) is 1.77. The maximum absolute atomic E-state index is 11.2. The third-order valence-corrected chi connectivity index (χ3v) is 2.54. The molecule has 0 saturated carbocycles. The number of aliphatic carboxylic acids is 1.